The van der Waals surface area contributed by atoms with Crippen molar-refractivity contribution in [3.8, 4) is 0 Å². The predicted molar refractivity (Wildman–Crippen MR) is 66.0 cm³/mol. The lowest BCUT2D eigenvalue weighted by atomic mass is 10.2. The van der Waals surface area contributed by atoms with E-state index in [4.69, 9.17) is 16.3 Å². The van der Waals surface area contributed by atoms with Crippen LogP contribution in [0.1, 0.15) is 19.5 Å². The van der Waals surface area contributed by atoms with Crippen LogP contribution in [-0.2, 0) is 10.6 Å². The highest BCUT2D eigenvalue weighted by molar-refractivity contribution is 6.16. The van der Waals surface area contributed by atoms with E-state index < -0.39 is 0 Å². The average Bonchev–Trinajstić information content (AvgIpc) is 2.28. The Morgan fingerprint density at radius 3 is 2.69 bits per heavy atom. The molecule has 1 saturated heterocycles. The Kier molecular flexibility index (Phi) is 3.66. The first kappa shape index (κ1) is 11.7. The molecule has 0 saturated carbocycles. The van der Waals surface area contributed by atoms with Gasteiger partial charge in [-0.05, 0) is 26.0 Å². The Bertz CT molecular complexity index is 349. The molecule has 0 unspecified atom stereocenters. The van der Waals surface area contributed by atoms with Crippen LogP contribution < -0.4 is 4.90 Å². The highest BCUT2D eigenvalue weighted by atomic mass is 35.5. The second kappa shape index (κ2) is 5.02. The zero-order chi connectivity index (χ0) is 11.5. The molecule has 1 aromatic heterocycles. The molecule has 2 heterocycles. The van der Waals surface area contributed by atoms with E-state index in [1.54, 1.807) is 0 Å². The van der Waals surface area contributed by atoms with Gasteiger partial charge in [0.1, 0.15) is 5.82 Å². The Morgan fingerprint density at radius 2 is 2.06 bits per heavy atom. The molecule has 0 bridgehead atoms. The summed E-state index contributed by atoms with van der Waals surface area (Å²) in [6.07, 6.45) is 0.510. The molecule has 1 fully saturated rings. The Morgan fingerprint density at radius 1 is 1.38 bits per heavy atom. The largest absolute Gasteiger partial charge is 0.372 e. The summed E-state index contributed by atoms with van der Waals surface area (Å²) in [4.78, 5) is 6.78. The molecular formula is C12H17ClN2O. The highest BCUT2D eigenvalue weighted by Crippen LogP contribution is 2.18. The molecule has 0 spiro atoms. The fraction of sp³-hybridized carbons (Fsp3) is 0.583. The number of morpholine rings is 1. The SMILES string of the molecule is C[C@@H]1CN(c2cccc(CCl)n2)C[C@H](C)O1. The minimum absolute atomic E-state index is 0.255. The van der Waals surface area contributed by atoms with Gasteiger partial charge in [0.15, 0.2) is 0 Å². The monoisotopic (exact) mass is 240 g/mol. The number of hydrogen-bond donors (Lipinski definition) is 0. The summed E-state index contributed by atoms with van der Waals surface area (Å²) in [5, 5.41) is 0. The van der Waals surface area contributed by atoms with Gasteiger partial charge in [-0.3, -0.25) is 0 Å². The average molecular weight is 241 g/mol. The Labute approximate surface area is 101 Å². The molecule has 1 aromatic rings. The van der Waals surface area contributed by atoms with Crippen molar-refractivity contribution >= 4 is 17.4 Å². The first-order valence-electron chi connectivity index (χ1n) is 5.61. The van der Waals surface area contributed by atoms with E-state index in [2.05, 4.69) is 23.7 Å². The fourth-order valence-electron chi connectivity index (χ4n) is 2.08. The topological polar surface area (TPSA) is 25.4 Å². The Hall–Kier alpha value is -0.800. The predicted octanol–water partition coefficient (Wildman–Crippen LogP) is 2.43. The van der Waals surface area contributed by atoms with Crippen molar-refractivity contribution in [1.82, 2.24) is 4.98 Å². The van der Waals surface area contributed by atoms with Gasteiger partial charge in [-0.15, -0.1) is 11.6 Å². The second-order valence-electron chi connectivity index (χ2n) is 4.28. The standard InChI is InChI=1S/C12H17ClN2O/c1-9-7-15(8-10(2)16-9)12-5-3-4-11(6-13)14-12/h3-5,9-10H,6-8H2,1-2H3/t9-,10+. The van der Waals surface area contributed by atoms with Gasteiger partial charge in [0.2, 0.25) is 0 Å². The van der Waals surface area contributed by atoms with E-state index in [-0.39, 0.29) is 12.2 Å². The van der Waals surface area contributed by atoms with Crippen LogP contribution in [-0.4, -0.2) is 30.3 Å². The number of pyridine rings is 1. The number of hydrogen-bond acceptors (Lipinski definition) is 3. The van der Waals surface area contributed by atoms with E-state index in [1.807, 2.05) is 18.2 Å². The molecule has 4 heteroatoms. The number of ether oxygens (including phenoxy) is 1. The summed E-state index contributed by atoms with van der Waals surface area (Å²) in [6, 6.07) is 5.98. The van der Waals surface area contributed by atoms with Crippen molar-refractivity contribution in [2.24, 2.45) is 0 Å². The van der Waals surface area contributed by atoms with Crippen LogP contribution in [0.2, 0.25) is 0 Å². The molecule has 0 amide bonds. The van der Waals surface area contributed by atoms with Crippen molar-refractivity contribution in [3.63, 3.8) is 0 Å². The van der Waals surface area contributed by atoms with Gasteiger partial charge in [-0.1, -0.05) is 6.07 Å². The summed E-state index contributed by atoms with van der Waals surface area (Å²) in [6.45, 7) is 5.97. The van der Waals surface area contributed by atoms with Crippen molar-refractivity contribution in [2.45, 2.75) is 31.9 Å². The minimum Gasteiger partial charge on any atom is -0.372 e. The molecule has 2 rings (SSSR count). The van der Waals surface area contributed by atoms with Gasteiger partial charge in [-0.2, -0.15) is 0 Å². The number of anilines is 1. The minimum atomic E-state index is 0.255. The van der Waals surface area contributed by atoms with Gasteiger partial charge >= 0.3 is 0 Å². The molecule has 88 valence electrons. The van der Waals surface area contributed by atoms with Gasteiger partial charge in [0, 0.05) is 13.1 Å². The van der Waals surface area contributed by atoms with Crippen LogP contribution in [0.25, 0.3) is 0 Å². The third-order valence-corrected chi connectivity index (χ3v) is 2.95. The Balaban J connectivity index is 2.16. The first-order valence-corrected chi connectivity index (χ1v) is 6.15. The fourth-order valence-corrected chi connectivity index (χ4v) is 2.23. The molecule has 1 aliphatic rings. The van der Waals surface area contributed by atoms with E-state index in [1.165, 1.54) is 0 Å². The van der Waals surface area contributed by atoms with Crippen LogP contribution in [0.4, 0.5) is 5.82 Å². The molecule has 2 atom stereocenters. The van der Waals surface area contributed by atoms with Crippen LogP contribution in [0, 0.1) is 0 Å². The molecule has 0 aliphatic carbocycles. The number of nitrogens with zero attached hydrogens (tertiary/aromatic N) is 2. The van der Waals surface area contributed by atoms with Crippen molar-refractivity contribution in [1.29, 1.82) is 0 Å². The smallest absolute Gasteiger partial charge is 0.129 e. The van der Waals surface area contributed by atoms with Crippen LogP contribution in [0.5, 0.6) is 0 Å². The summed E-state index contributed by atoms with van der Waals surface area (Å²) >= 11 is 5.79. The van der Waals surface area contributed by atoms with E-state index in [0.717, 1.165) is 24.6 Å². The number of aromatic nitrogens is 1. The third-order valence-electron chi connectivity index (χ3n) is 2.67. The van der Waals surface area contributed by atoms with Crippen molar-refractivity contribution in [3.05, 3.63) is 23.9 Å². The maximum Gasteiger partial charge on any atom is 0.129 e. The summed E-state index contributed by atoms with van der Waals surface area (Å²) in [5.74, 6) is 1.46. The van der Waals surface area contributed by atoms with Crippen LogP contribution in [0.15, 0.2) is 18.2 Å². The quantitative estimate of drug-likeness (QED) is 0.743. The number of alkyl halides is 1. The lowest BCUT2D eigenvalue weighted by molar-refractivity contribution is -0.00546. The molecule has 1 aliphatic heterocycles. The lowest BCUT2D eigenvalue weighted by Crippen LogP contribution is -2.45. The summed E-state index contributed by atoms with van der Waals surface area (Å²) in [7, 11) is 0. The molecule has 0 aromatic carbocycles. The third kappa shape index (κ3) is 2.66. The number of halogens is 1. The van der Waals surface area contributed by atoms with Crippen molar-refractivity contribution < 1.29 is 4.74 Å². The first-order chi connectivity index (χ1) is 7.69. The number of rotatable bonds is 2. The second-order valence-corrected chi connectivity index (χ2v) is 4.55. The van der Waals surface area contributed by atoms with Gasteiger partial charge in [0.05, 0.1) is 23.8 Å². The van der Waals surface area contributed by atoms with E-state index >= 15 is 0 Å². The summed E-state index contributed by atoms with van der Waals surface area (Å²) < 4.78 is 5.70. The maximum atomic E-state index is 5.79. The highest BCUT2D eigenvalue weighted by Gasteiger charge is 2.22. The van der Waals surface area contributed by atoms with Gasteiger partial charge in [-0.25, -0.2) is 4.98 Å². The van der Waals surface area contributed by atoms with Gasteiger partial charge in [0.25, 0.3) is 0 Å². The molecular weight excluding hydrogens is 224 g/mol. The molecule has 0 N–H and O–H groups in total. The molecule has 3 nitrogen and oxygen atoms in total. The van der Waals surface area contributed by atoms with E-state index in [9.17, 15) is 0 Å². The van der Waals surface area contributed by atoms with E-state index in [0.29, 0.717) is 5.88 Å². The van der Waals surface area contributed by atoms with Gasteiger partial charge < -0.3 is 9.64 Å². The molecule has 0 radical (unpaired) electrons. The summed E-state index contributed by atoms with van der Waals surface area (Å²) in [5.41, 5.74) is 0.922. The van der Waals surface area contributed by atoms with Crippen LogP contribution in [0.3, 0.4) is 0 Å². The zero-order valence-corrected chi connectivity index (χ0v) is 10.4. The van der Waals surface area contributed by atoms with Crippen molar-refractivity contribution in [2.75, 3.05) is 18.0 Å². The zero-order valence-electron chi connectivity index (χ0n) is 9.69. The van der Waals surface area contributed by atoms with Crippen LogP contribution >= 0.6 is 11.6 Å². The normalized spacial score (nSPS) is 25.8. The molecule has 16 heavy (non-hydrogen) atoms. The lowest BCUT2D eigenvalue weighted by Gasteiger charge is -2.36. The maximum absolute atomic E-state index is 5.79.